The van der Waals surface area contributed by atoms with Gasteiger partial charge in [-0.05, 0) is 73.9 Å². The predicted molar refractivity (Wildman–Crippen MR) is 152 cm³/mol. The maximum absolute atomic E-state index is 14.1. The van der Waals surface area contributed by atoms with Crippen molar-refractivity contribution < 1.29 is 33.3 Å². The molecular formula is C31H28ClNO7. The van der Waals surface area contributed by atoms with Crippen LogP contribution in [0.25, 0.3) is 11.0 Å². The molecule has 1 aliphatic rings. The number of hydrogen-bond donors (Lipinski definition) is 1. The van der Waals surface area contributed by atoms with E-state index < -0.39 is 23.5 Å². The van der Waals surface area contributed by atoms with Crippen molar-refractivity contribution in [2.75, 3.05) is 25.7 Å². The van der Waals surface area contributed by atoms with Gasteiger partial charge in [0.15, 0.2) is 34.4 Å². The van der Waals surface area contributed by atoms with E-state index in [0.717, 1.165) is 11.1 Å². The van der Waals surface area contributed by atoms with Gasteiger partial charge >= 0.3 is 0 Å². The maximum Gasteiger partial charge on any atom is 0.294 e. The Hall–Kier alpha value is -4.43. The van der Waals surface area contributed by atoms with Crippen LogP contribution in [0, 0.1) is 13.8 Å². The van der Waals surface area contributed by atoms with E-state index in [9.17, 15) is 14.7 Å². The molecule has 0 spiro atoms. The molecular weight excluding hydrogens is 534 g/mol. The minimum absolute atomic E-state index is 0.0734. The van der Waals surface area contributed by atoms with Crippen molar-refractivity contribution in [1.82, 2.24) is 0 Å². The Balaban J connectivity index is 1.70. The minimum Gasteiger partial charge on any atom is -0.503 e. The Morgan fingerprint density at radius 3 is 2.33 bits per heavy atom. The molecule has 9 heteroatoms. The van der Waals surface area contributed by atoms with Crippen LogP contribution in [-0.2, 0) is 4.79 Å². The third kappa shape index (κ3) is 4.64. The standard InChI is InChI=1S/C31H28ClNO7/c1-6-39-23-13-18(7-8-22(23)37-4)27-26(29(35)31(36)33(27)21-10-16(2)9-17(3)11-21)28(34)24-14-19-12-20(32)15-25(38-5)30(19)40-24/h7-15,27,35H,6H2,1-5H3. The second-order valence-electron chi connectivity index (χ2n) is 9.50. The molecule has 1 aliphatic heterocycles. The van der Waals surface area contributed by atoms with Crippen LogP contribution in [-0.4, -0.2) is 37.6 Å². The minimum atomic E-state index is -0.981. The molecule has 0 aliphatic carbocycles. The molecule has 1 N–H and O–H groups in total. The largest absolute Gasteiger partial charge is 0.503 e. The summed E-state index contributed by atoms with van der Waals surface area (Å²) in [7, 11) is 3.00. The summed E-state index contributed by atoms with van der Waals surface area (Å²) in [5, 5.41) is 12.2. The molecule has 0 saturated heterocycles. The number of aliphatic hydroxyl groups is 1. The number of rotatable bonds is 8. The number of aryl methyl sites for hydroxylation is 2. The number of ketones is 1. The predicted octanol–water partition coefficient (Wildman–Crippen LogP) is 6.90. The van der Waals surface area contributed by atoms with Crippen LogP contribution in [0.15, 0.2) is 70.3 Å². The van der Waals surface area contributed by atoms with E-state index in [-0.39, 0.29) is 11.3 Å². The number of nitrogens with zero attached hydrogens (tertiary/aromatic N) is 1. The van der Waals surface area contributed by atoms with Crippen molar-refractivity contribution in [3.8, 4) is 17.2 Å². The Morgan fingerprint density at radius 1 is 0.975 bits per heavy atom. The second kappa shape index (κ2) is 10.6. The summed E-state index contributed by atoms with van der Waals surface area (Å²) < 4.78 is 22.5. The molecule has 1 amide bonds. The van der Waals surface area contributed by atoms with Crippen LogP contribution in [0.4, 0.5) is 5.69 Å². The normalized spacial score (nSPS) is 15.2. The average molecular weight is 562 g/mol. The van der Waals surface area contributed by atoms with E-state index in [1.54, 1.807) is 30.3 Å². The highest BCUT2D eigenvalue weighted by Gasteiger charge is 2.46. The van der Waals surface area contributed by atoms with Gasteiger partial charge in [-0.25, -0.2) is 0 Å². The zero-order valence-electron chi connectivity index (χ0n) is 22.7. The van der Waals surface area contributed by atoms with Crippen molar-refractivity contribution in [2.45, 2.75) is 26.8 Å². The number of aliphatic hydroxyl groups excluding tert-OH is 1. The molecule has 0 bridgehead atoms. The lowest BCUT2D eigenvalue weighted by Crippen LogP contribution is -2.31. The summed E-state index contributed by atoms with van der Waals surface area (Å²) in [6.07, 6.45) is 0. The molecule has 3 aromatic carbocycles. The van der Waals surface area contributed by atoms with Crippen molar-refractivity contribution >= 4 is 39.9 Å². The molecule has 5 rings (SSSR count). The smallest absolute Gasteiger partial charge is 0.294 e. The Labute approximate surface area is 236 Å². The number of halogens is 1. The van der Waals surface area contributed by atoms with E-state index in [4.69, 9.17) is 30.2 Å². The van der Waals surface area contributed by atoms with Crippen LogP contribution >= 0.6 is 11.6 Å². The van der Waals surface area contributed by atoms with E-state index in [1.165, 1.54) is 25.2 Å². The lowest BCUT2D eigenvalue weighted by molar-refractivity contribution is -0.117. The zero-order valence-corrected chi connectivity index (χ0v) is 23.5. The fraction of sp³-hybridized carbons (Fsp3) is 0.226. The first-order chi connectivity index (χ1) is 19.2. The molecule has 40 heavy (non-hydrogen) atoms. The topological polar surface area (TPSA) is 98.4 Å². The number of ether oxygens (including phenoxy) is 3. The van der Waals surface area contributed by atoms with Crippen LogP contribution in [0.5, 0.6) is 17.2 Å². The van der Waals surface area contributed by atoms with E-state index in [1.807, 2.05) is 39.0 Å². The Morgan fingerprint density at radius 2 is 1.68 bits per heavy atom. The molecule has 1 unspecified atom stereocenters. The molecule has 1 atom stereocenters. The van der Waals surface area contributed by atoms with Gasteiger partial charge in [-0.1, -0.05) is 23.7 Å². The van der Waals surface area contributed by atoms with Crippen LogP contribution in [0.3, 0.4) is 0 Å². The van der Waals surface area contributed by atoms with Crippen molar-refractivity contribution in [3.63, 3.8) is 0 Å². The fourth-order valence-electron chi connectivity index (χ4n) is 5.12. The first-order valence-corrected chi connectivity index (χ1v) is 13.0. The van der Waals surface area contributed by atoms with Gasteiger partial charge in [0.2, 0.25) is 5.78 Å². The average Bonchev–Trinajstić information content (AvgIpc) is 3.46. The number of benzene rings is 3. The van der Waals surface area contributed by atoms with Gasteiger partial charge in [-0.3, -0.25) is 14.5 Å². The van der Waals surface area contributed by atoms with E-state index in [2.05, 4.69) is 0 Å². The summed E-state index contributed by atoms with van der Waals surface area (Å²) in [4.78, 5) is 29.1. The van der Waals surface area contributed by atoms with Gasteiger partial charge in [-0.15, -0.1) is 0 Å². The van der Waals surface area contributed by atoms with E-state index >= 15 is 0 Å². The van der Waals surface area contributed by atoms with Crippen LogP contribution < -0.4 is 19.1 Å². The number of carbonyl (C=O) groups excluding carboxylic acids is 2. The van der Waals surface area contributed by atoms with E-state index in [0.29, 0.717) is 51.1 Å². The summed E-state index contributed by atoms with van der Waals surface area (Å²) in [5.41, 5.74) is 3.12. The molecule has 2 heterocycles. The van der Waals surface area contributed by atoms with Gasteiger partial charge in [-0.2, -0.15) is 0 Å². The van der Waals surface area contributed by atoms with Crippen LogP contribution in [0.2, 0.25) is 5.02 Å². The van der Waals surface area contributed by atoms with Gasteiger partial charge < -0.3 is 23.7 Å². The highest BCUT2D eigenvalue weighted by molar-refractivity contribution is 6.31. The summed E-state index contributed by atoms with van der Waals surface area (Å²) in [5.74, 6) is -0.794. The van der Waals surface area contributed by atoms with Crippen LogP contribution in [0.1, 0.15) is 40.2 Å². The lowest BCUT2D eigenvalue weighted by Gasteiger charge is -2.28. The Kier molecular flexibility index (Phi) is 7.21. The molecule has 0 radical (unpaired) electrons. The molecule has 8 nitrogen and oxygen atoms in total. The number of hydrogen-bond acceptors (Lipinski definition) is 7. The molecule has 4 aromatic rings. The SMILES string of the molecule is CCOc1cc(C2C(C(=O)c3cc4cc(Cl)cc(OC)c4o3)=C(O)C(=O)N2c2cc(C)cc(C)c2)ccc1OC. The maximum atomic E-state index is 14.1. The summed E-state index contributed by atoms with van der Waals surface area (Å²) >= 11 is 6.21. The van der Waals surface area contributed by atoms with Crippen molar-refractivity contribution in [1.29, 1.82) is 0 Å². The molecule has 0 fully saturated rings. The number of furan rings is 1. The third-order valence-corrected chi connectivity index (χ3v) is 6.95. The van der Waals surface area contributed by atoms with Crippen molar-refractivity contribution in [3.05, 3.63) is 93.4 Å². The highest BCUT2D eigenvalue weighted by atomic mass is 35.5. The second-order valence-corrected chi connectivity index (χ2v) is 9.93. The molecule has 206 valence electrons. The first kappa shape index (κ1) is 27.1. The summed E-state index contributed by atoms with van der Waals surface area (Å²) in [6.45, 7) is 6.05. The quantitative estimate of drug-likeness (QED) is 0.234. The Bertz CT molecular complexity index is 1670. The van der Waals surface area contributed by atoms with Gasteiger partial charge in [0, 0.05) is 22.2 Å². The van der Waals surface area contributed by atoms with Gasteiger partial charge in [0.1, 0.15) is 0 Å². The number of anilines is 1. The first-order valence-electron chi connectivity index (χ1n) is 12.6. The molecule has 0 saturated carbocycles. The number of amides is 1. The van der Waals surface area contributed by atoms with Gasteiger partial charge in [0.05, 0.1) is 32.4 Å². The number of fused-ring (bicyclic) bond motifs is 1. The van der Waals surface area contributed by atoms with Crippen molar-refractivity contribution in [2.24, 2.45) is 0 Å². The third-order valence-electron chi connectivity index (χ3n) is 6.73. The summed E-state index contributed by atoms with van der Waals surface area (Å²) in [6, 6.07) is 14.6. The number of carbonyl (C=O) groups is 2. The zero-order chi connectivity index (χ0) is 28.7. The number of Topliss-reactive ketones (excluding diaryl/α,β-unsaturated/α-hetero) is 1. The fourth-order valence-corrected chi connectivity index (χ4v) is 5.34. The monoisotopic (exact) mass is 561 g/mol. The number of methoxy groups -OCH3 is 2. The molecule has 1 aromatic heterocycles. The lowest BCUT2D eigenvalue weighted by atomic mass is 9.94. The highest BCUT2D eigenvalue weighted by Crippen LogP contribution is 2.45. The van der Waals surface area contributed by atoms with Gasteiger partial charge in [0.25, 0.3) is 5.91 Å².